The molecule has 0 saturated carbocycles. The van der Waals surface area contributed by atoms with Crippen LogP contribution in [0.25, 0.3) is 119 Å². The van der Waals surface area contributed by atoms with Gasteiger partial charge in [0.2, 0.25) is 0 Å². The van der Waals surface area contributed by atoms with E-state index in [1.807, 2.05) is 18.4 Å². The fraction of sp³-hybridized carbons (Fsp3) is 0. The summed E-state index contributed by atoms with van der Waals surface area (Å²) in [7, 11) is 0. The second kappa shape index (κ2) is 9.63. The molecular formula is C46H24O3S. The number of hydrogen-bond donors (Lipinski definition) is 0. The summed E-state index contributed by atoms with van der Waals surface area (Å²) in [5, 5.41) is 12.5. The second-order valence-corrected chi connectivity index (χ2v) is 14.2. The van der Waals surface area contributed by atoms with Crippen LogP contribution < -0.4 is 0 Å². The largest absolute Gasteiger partial charge is 0.462 e. The Labute approximate surface area is 288 Å². The molecule has 0 aliphatic carbocycles. The van der Waals surface area contributed by atoms with Crippen LogP contribution in [-0.2, 0) is 0 Å². The molecule has 0 saturated heterocycles. The summed E-state index contributed by atoms with van der Waals surface area (Å²) in [5.74, 6) is 0. The molecule has 0 atom stereocenters. The number of hydrogen-bond acceptors (Lipinski definition) is 4. The zero-order valence-corrected chi connectivity index (χ0v) is 27.3. The lowest BCUT2D eigenvalue weighted by Crippen LogP contribution is -1.91. The van der Waals surface area contributed by atoms with Crippen molar-refractivity contribution in [2.24, 2.45) is 0 Å². The summed E-state index contributed by atoms with van der Waals surface area (Å²) >= 11 is 1.80. The SMILES string of the molecule is c1ccc2c(c1)oc1c(-c3c4ccccc4c(-c4coc5c4ccc4c6ccccc6sc45)c4ccccc34)c3c(cc12)oc1ccccc13. The van der Waals surface area contributed by atoms with E-state index in [0.717, 1.165) is 93.1 Å². The fourth-order valence-corrected chi connectivity index (χ4v) is 9.65. The number of para-hydroxylation sites is 2. The topological polar surface area (TPSA) is 39.4 Å². The summed E-state index contributed by atoms with van der Waals surface area (Å²) in [6.45, 7) is 0. The molecule has 12 aromatic rings. The van der Waals surface area contributed by atoms with Crippen molar-refractivity contribution in [3.8, 4) is 22.3 Å². The summed E-state index contributed by atoms with van der Waals surface area (Å²) < 4.78 is 22.4. The molecule has 0 fully saturated rings. The number of fused-ring (bicyclic) bond motifs is 13. The highest BCUT2D eigenvalue weighted by Gasteiger charge is 2.26. The molecule has 0 radical (unpaired) electrons. The Morgan fingerprint density at radius 2 is 0.960 bits per heavy atom. The number of benzene rings is 8. The lowest BCUT2D eigenvalue weighted by molar-refractivity contribution is 0.621. The van der Waals surface area contributed by atoms with Crippen molar-refractivity contribution >= 4 is 108 Å². The normalized spacial score (nSPS) is 12.4. The summed E-state index contributed by atoms with van der Waals surface area (Å²) in [4.78, 5) is 0. The average Bonchev–Trinajstić information content (AvgIpc) is 3.94. The van der Waals surface area contributed by atoms with Gasteiger partial charge in [0, 0.05) is 64.7 Å². The molecule has 12 rings (SSSR count). The van der Waals surface area contributed by atoms with Crippen LogP contribution in [0.4, 0.5) is 0 Å². The van der Waals surface area contributed by atoms with Crippen molar-refractivity contribution in [3.63, 3.8) is 0 Å². The maximum atomic E-state index is 6.83. The van der Waals surface area contributed by atoms with Crippen LogP contribution in [0, 0.1) is 0 Å². The first-order valence-corrected chi connectivity index (χ1v) is 17.6. The number of thiophene rings is 1. The van der Waals surface area contributed by atoms with Crippen molar-refractivity contribution < 1.29 is 13.3 Å². The molecule has 8 aromatic carbocycles. The van der Waals surface area contributed by atoms with Gasteiger partial charge in [-0.15, -0.1) is 11.3 Å². The second-order valence-electron chi connectivity index (χ2n) is 13.1. The van der Waals surface area contributed by atoms with E-state index in [0.29, 0.717) is 0 Å². The van der Waals surface area contributed by atoms with E-state index in [-0.39, 0.29) is 0 Å². The smallest absolute Gasteiger partial charge is 0.152 e. The molecule has 50 heavy (non-hydrogen) atoms. The molecule has 0 aliphatic heterocycles. The third-order valence-electron chi connectivity index (χ3n) is 10.5. The minimum absolute atomic E-state index is 0.852. The van der Waals surface area contributed by atoms with Gasteiger partial charge in [0.05, 0.1) is 11.0 Å². The van der Waals surface area contributed by atoms with E-state index in [1.165, 1.54) is 25.7 Å². The van der Waals surface area contributed by atoms with Crippen molar-refractivity contribution in [3.05, 3.63) is 146 Å². The maximum absolute atomic E-state index is 6.83. The monoisotopic (exact) mass is 656 g/mol. The lowest BCUT2D eigenvalue weighted by Gasteiger charge is -2.18. The minimum Gasteiger partial charge on any atom is -0.462 e. The van der Waals surface area contributed by atoms with Gasteiger partial charge in [0.1, 0.15) is 22.3 Å². The Kier molecular flexibility index (Phi) is 5.12. The molecule has 232 valence electrons. The third kappa shape index (κ3) is 3.38. The predicted molar refractivity (Wildman–Crippen MR) is 210 cm³/mol. The molecule has 4 heterocycles. The Hall–Kier alpha value is -6.36. The van der Waals surface area contributed by atoms with Gasteiger partial charge in [-0.2, -0.15) is 0 Å². The molecule has 0 aliphatic rings. The standard InChI is InChI=1S/C46H24O3S/c1-3-15-29-27(13-1)40(35-24-47-45-31(35)21-22-32-26-12-7-10-20-39(26)50-46(32)45)28-14-2-4-16-30(28)41(29)43-42-33-17-6-9-19-37(33)48-38(42)23-34-25-11-5-8-18-36(25)49-44(34)43/h1-24H. The van der Waals surface area contributed by atoms with Crippen LogP contribution in [-0.4, -0.2) is 0 Å². The highest BCUT2D eigenvalue weighted by molar-refractivity contribution is 7.26. The number of rotatable bonds is 2. The Balaban J connectivity index is 1.26. The van der Waals surface area contributed by atoms with Gasteiger partial charge in [-0.3, -0.25) is 0 Å². The van der Waals surface area contributed by atoms with Crippen LogP contribution >= 0.6 is 11.3 Å². The fourth-order valence-electron chi connectivity index (χ4n) is 8.46. The van der Waals surface area contributed by atoms with Gasteiger partial charge in [-0.05, 0) is 51.9 Å². The molecule has 4 heteroatoms. The van der Waals surface area contributed by atoms with E-state index in [1.54, 1.807) is 11.3 Å². The summed E-state index contributed by atoms with van der Waals surface area (Å²) in [6, 6.07) is 49.5. The first kappa shape index (κ1) is 26.6. The van der Waals surface area contributed by atoms with Crippen molar-refractivity contribution in [2.75, 3.05) is 0 Å². The van der Waals surface area contributed by atoms with Gasteiger partial charge in [0.15, 0.2) is 5.58 Å². The minimum atomic E-state index is 0.852. The van der Waals surface area contributed by atoms with E-state index < -0.39 is 0 Å². The van der Waals surface area contributed by atoms with Gasteiger partial charge >= 0.3 is 0 Å². The molecular weight excluding hydrogens is 633 g/mol. The van der Waals surface area contributed by atoms with Crippen LogP contribution in [0.5, 0.6) is 0 Å². The lowest BCUT2D eigenvalue weighted by atomic mass is 9.84. The average molecular weight is 657 g/mol. The van der Waals surface area contributed by atoms with Gasteiger partial charge in [-0.1, -0.05) is 109 Å². The molecule has 4 aromatic heterocycles. The van der Waals surface area contributed by atoms with Gasteiger partial charge in [-0.25, -0.2) is 0 Å². The van der Waals surface area contributed by atoms with E-state index in [2.05, 4.69) is 127 Å². The Bertz CT molecular complexity index is 3320. The van der Waals surface area contributed by atoms with Crippen molar-refractivity contribution in [1.82, 2.24) is 0 Å². The van der Waals surface area contributed by atoms with Crippen LogP contribution in [0.15, 0.2) is 159 Å². The van der Waals surface area contributed by atoms with Crippen LogP contribution in [0.1, 0.15) is 0 Å². The molecule has 0 bridgehead atoms. The molecule has 0 unspecified atom stereocenters. The molecule has 3 nitrogen and oxygen atoms in total. The Morgan fingerprint density at radius 1 is 0.380 bits per heavy atom. The van der Waals surface area contributed by atoms with Crippen molar-refractivity contribution in [2.45, 2.75) is 0 Å². The molecule has 0 amide bonds. The van der Waals surface area contributed by atoms with E-state index in [9.17, 15) is 0 Å². The first-order valence-electron chi connectivity index (χ1n) is 16.8. The summed E-state index contributed by atoms with van der Waals surface area (Å²) in [5.41, 5.74) is 8.85. The maximum Gasteiger partial charge on any atom is 0.152 e. The molecule has 0 N–H and O–H groups in total. The quantitative estimate of drug-likeness (QED) is 0.174. The number of furan rings is 3. The van der Waals surface area contributed by atoms with E-state index in [4.69, 9.17) is 13.3 Å². The highest BCUT2D eigenvalue weighted by atomic mass is 32.1. The predicted octanol–water partition coefficient (Wildman–Crippen LogP) is 14.2. The van der Waals surface area contributed by atoms with Crippen molar-refractivity contribution in [1.29, 1.82) is 0 Å². The van der Waals surface area contributed by atoms with Gasteiger partial charge < -0.3 is 13.3 Å². The van der Waals surface area contributed by atoms with Gasteiger partial charge in [0.25, 0.3) is 0 Å². The zero-order valence-electron chi connectivity index (χ0n) is 26.5. The third-order valence-corrected chi connectivity index (χ3v) is 11.7. The van der Waals surface area contributed by atoms with E-state index >= 15 is 0 Å². The molecule has 0 spiro atoms. The zero-order chi connectivity index (χ0) is 32.5. The van der Waals surface area contributed by atoms with Crippen LogP contribution in [0.3, 0.4) is 0 Å². The first-order chi connectivity index (χ1) is 24.8. The van der Waals surface area contributed by atoms with Crippen LogP contribution in [0.2, 0.25) is 0 Å². The summed E-state index contributed by atoms with van der Waals surface area (Å²) in [6.07, 6.45) is 1.96. The highest BCUT2D eigenvalue weighted by Crippen LogP contribution is 2.52. The Morgan fingerprint density at radius 3 is 1.70 bits per heavy atom.